The number of anilines is 1. The molecule has 3 aromatic rings. The predicted octanol–water partition coefficient (Wildman–Crippen LogP) is 2.48. The Hall–Kier alpha value is -2.69. The molecule has 29 heavy (non-hydrogen) atoms. The van der Waals surface area contributed by atoms with Crippen LogP contribution >= 0.6 is 0 Å². The van der Waals surface area contributed by atoms with Crippen LogP contribution in [0.15, 0.2) is 57.8 Å². The number of sulfone groups is 1. The van der Waals surface area contributed by atoms with Crippen LogP contribution < -0.4 is 5.32 Å². The van der Waals surface area contributed by atoms with Crippen LogP contribution in [0.5, 0.6) is 0 Å². The van der Waals surface area contributed by atoms with Crippen molar-refractivity contribution < 1.29 is 26.0 Å². The number of sulfonamides is 1. The molecule has 154 valence electrons. The number of nitrogens with one attached hydrogen (secondary N) is 1. The highest BCUT2D eigenvalue weighted by Crippen LogP contribution is 2.28. The largest absolute Gasteiger partial charge is 0.451 e. The summed E-state index contributed by atoms with van der Waals surface area (Å²) >= 11 is 0. The lowest BCUT2D eigenvalue weighted by Gasteiger charge is -2.12. The van der Waals surface area contributed by atoms with Gasteiger partial charge in [0.05, 0.1) is 10.6 Å². The van der Waals surface area contributed by atoms with Crippen LogP contribution in [0.1, 0.15) is 16.1 Å². The topological polar surface area (TPSA) is 114 Å². The first-order valence-electron chi connectivity index (χ1n) is 8.51. The highest BCUT2D eigenvalue weighted by molar-refractivity contribution is 7.90. The molecule has 0 unspecified atom stereocenters. The maximum Gasteiger partial charge on any atom is 0.291 e. The van der Waals surface area contributed by atoms with Crippen molar-refractivity contribution in [1.82, 2.24) is 4.31 Å². The van der Waals surface area contributed by atoms with Crippen LogP contribution in [-0.2, 0) is 25.6 Å². The van der Waals surface area contributed by atoms with Crippen LogP contribution in [-0.4, -0.2) is 47.4 Å². The van der Waals surface area contributed by atoms with E-state index in [1.54, 1.807) is 24.3 Å². The number of hydrogen-bond acceptors (Lipinski definition) is 6. The van der Waals surface area contributed by atoms with Gasteiger partial charge in [0.1, 0.15) is 5.58 Å². The maximum atomic E-state index is 12.8. The highest BCUT2D eigenvalue weighted by atomic mass is 32.2. The fraction of sp³-hybridized carbons (Fsp3) is 0.211. The molecule has 2 aromatic carbocycles. The standard InChI is InChI=1S/C19H20N2O6S2/c1-21(2)29(25,26)14-8-6-7-13(11-14)20-19(22)18-16(12-28(3,23)24)15-9-4-5-10-17(15)27-18/h4-11H,12H2,1-3H3,(H,20,22). The Morgan fingerprint density at radius 1 is 1.03 bits per heavy atom. The molecule has 0 aliphatic rings. The van der Waals surface area contributed by atoms with Crippen LogP contribution in [0, 0.1) is 0 Å². The summed E-state index contributed by atoms with van der Waals surface area (Å²) in [7, 11) is -4.28. The number of amides is 1. The van der Waals surface area contributed by atoms with E-state index in [4.69, 9.17) is 4.42 Å². The second-order valence-electron chi connectivity index (χ2n) is 6.75. The second kappa shape index (κ2) is 7.62. The maximum absolute atomic E-state index is 12.8. The summed E-state index contributed by atoms with van der Waals surface area (Å²) in [5, 5.41) is 3.12. The lowest BCUT2D eigenvalue weighted by Crippen LogP contribution is -2.22. The van der Waals surface area contributed by atoms with Gasteiger partial charge in [0.25, 0.3) is 5.91 Å². The summed E-state index contributed by atoms with van der Waals surface area (Å²) < 4.78 is 55.0. The lowest BCUT2D eigenvalue weighted by molar-refractivity contribution is 0.0997. The Balaban J connectivity index is 2.00. The molecule has 1 N–H and O–H groups in total. The normalized spacial score (nSPS) is 12.4. The van der Waals surface area contributed by atoms with Gasteiger partial charge in [-0.05, 0) is 24.3 Å². The van der Waals surface area contributed by atoms with E-state index < -0.39 is 25.8 Å². The van der Waals surface area contributed by atoms with Gasteiger partial charge in [-0.15, -0.1) is 0 Å². The molecule has 1 amide bonds. The van der Waals surface area contributed by atoms with E-state index in [0.29, 0.717) is 11.0 Å². The zero-order valence-electron chi connectivity index (χ0n) is 16.0. The Morgan fingerprint density at radius 3 is 2.38 bits per heavy atom. The van der Waals surface area contributed by atoms with Crippen molar-refractivity contribution in [1.29, 1.82) is 0 Å². The third kappa shape index (κ3) is 4.50. The van der Waals surface area contributed by atoms with E-state index in [9.17, 15) is 21.6 Å². The third-order valence-corrected chi connectivity index (χ3v) is 6.81. The van der Waals surface area contributed by atoms with Crippen LogP contribution in [0.2, 0.25) is 0 Å². The molecule has 1 aromatic heterocycles. The first-order chi connectivity index (χ1) is 13.5. The molecule has 3 rings (SSSR count). The minimum Gasteiger partial charge on any atom is -0.451 e. The minimum atomic E-state index is -3.67. The second-order valence-corrected chi connectivity index (χ2v) is 11.0. The Kier molecular flexibility index (Phi) is 5.52. The first-order valence-corrected chi connectivity index (χ1v) is 12.0. The number of fused-ring (bicyclic) bond motifs is 1. The number of furan rings is 1. The number of nitrogens with zero attached hydrogens (tertiary/aromatic N) is 1. The summed E-state index contributed by atoms with van der Waals surface area (Å²) in [5.74, 6) is -1.15. The van der Waals surface area contributed by atoms with Gasteiger partial charge in [0.2, 0.25) is 10.0 Å². The van der Waals surface area contributed by atoms with Gasteiger partial charge in [-0.3, -0.25) is 4.79 Å². The molecule has 0 atom stereocenters. The van der Waals surface area contributed by atoms with E-state index in [0.717, 1.165) is 10.6 Å². The number of rotatable bonds is 6. The fourth-order valence-corrected chi connectivity index (χ4v) is 4.58. The molecule has 0 spiro atoms. The number of benzene rings is 2. The molecule has 1 heterocycles. The molecule has 0 fully saturated rings. The zero-order valence-corrected chi connectivity index (χ0v) is 17.7. The minimum absolute atomic E-state index is 0.0151. The Bertz CT molecular complexity index is 1290. The monoisotopic (exact) mass is 436 g/mol. The summed E-state index contributed by atoms with van der Waals surface area (Å²) in [6, 6.07) is 12.5. The third-order valence-electron chi connectivity index (χ3n) is 4.18. The van der Waals surface area contributed by atoms with Crippen LogP contribution in [0.3, 0.4) is 0 Å². The van der Waals surface area contributed by atoms with Crippen molar-refractivity contribution in [3.8, 4) is 0 Å². The zero-order chi connectivity index (χ0) is 21.4. The van der Waals surface area contributed by atoms with Crippen molar-refractivity contribution in [2.75, 3.05) is 25.7 Å². The van der Waals surface area contributed by atoms with Crippen molar-refractivity contribution >= 4 is 42.4 Å². The molecule has 0 aliphatic heterocycles. The number of hydrogen-bond donors (Lipinski definition) is 1. The first kappa shape index (κ1) is 21.0. The molecule has 10 heteroatoms. The van der Waals surface area contributed by atoms with Crippen LogP contribution in [0.25, 0.3) is 11.0 Å². The average Bonchev–Trinajstić information content (AvgIpc) is 2.99. The van der Waals surface area contributed by atoms with Crippen LogP contribution in [0.4, 0.5) is 5.69 Å². The Labute approximate surface area is 169 Å². The molecule has 0 saturated heterocycles. The molecule has 0 saturated carbocycles. The quantitative estimate of drug-likeness (QED) is 0.635. The molecule has 0 bridgehead atoms. The van der Waals surface area contributed by atoms with Gasteiger partial charge in [-0.25, -0.2) is 21.1 Å². The summed E-state index contributed by atoms with van der Waals surface area (Å²) in [6.07, 6.45) is 1.08. The van der Waals surface area contributed by atoms with Gasteiger partial charge in [0.15, 0.2) is 15.6 Å². The molecule has 0 aliphatic carbocycles. The van der Waals surface area contributed by atoms with Gasteiger partial charge in [0, 0.05) is 37.0 Å². The number of para-hydroxylation sites is 1. The van der Waals surface area contributed by atoms with E-state index in [1.165, 1.54) is 38.4 Å². The molecular formula is C19H20N2O6S2. The van der Waals surface area contributed by atoms with Gasteiger partial charge >= 0.3 is 0 Å². The SMILES string of the molecule is CN(C)S(=O)(=O)c1cccc(NC(=O)c2oc3ccccc3c2CS(C)(=O)=O)c1. The fourth-order valence-electron chi connectivity index (χ4n) is 2.82. The van der Waals surface area contributed by atoms with E-state index in [1.807, 2.05) is 0 Å². The molecule has 8 nitrogen and oxygen atoms in total. The lowest BCUT2D eigenvalue weighted by atomic mass is 10.1. The summed E-state index contributed by atoms with van der Waals surface area (Å²) in [6.45, 7) is 0. The summed E-state index contributed by atoms with van der Waals surface area (Å²) in [5.41, 5.74) is 0.890. The Morgan fingerprint density at radius 2 is 1.72 bits per heavy atom. The van der Waals surface area contributed by atoms with Crippen molar-refractivity contribution in [2.24, 2.45) is 0 Å². The van der Waals surface area contributed by atoms with Gasteiger partial charge < -0.3 is 9.73 Å². The number of carbonyl (C=O) groups is 1. The average molecular weight is 437 g/mol. The smallest absolute Gasteiger partial charge is 0.291 e. The predicted molar refractivity (Wildman–Crippen MR) is 110 cm³/mol. The van der Waals surface area contributed by atoms with Crippen molar-refractivity contribution in [3.63, 3.8) is 0 Å². The molecular weight excluding hydrogens is 416 g/mol. The van der Waals surface area contributed by atoms with Crippen molar-refractivity contribution in [3.05, 3.63) is 59.9 Å². The van der Waals surface area contributed by atoms with E-state index in [-0.39, 0.29) is 27.7 Å². The van der Waals surface area contributed by atoms with Gasteiger partial charge in [-0.2, -0.15) is 0 Å². The van der Waals surface area contributed by atoms with E-state index >= 15 is 0 Å². The van der Waals surface area contributed by atoms with Crippen molar-refractivity contribution in [2.45, 2.75) is 10.6 Å². The summed E-state index contributed by atoms with van der Waals surface area (Å²) in [4.78, 5) is 12.8. The number of carbonyl (C=O) groups excluding carboxylic acids is 1. The van der Waals surface area contributed by atoms with Gasteiger partial charge in [-0.1, -0.05) is 24.3 Å². The highest BCUT2D eigenvalue weighted by Gasteiger charge is 2.24. The van der Waals surface area contributed by atoms with E-state index in [2.05, 4.69) is 5.32 Å². The molecule has 0 radical (unpaired) electrons.